The van der Waals surface area contributed by atoms with Crippen molar-refractivity contribution >= 4 is 19.9 Å². The summed E-state index contributed by atoms with van der Waals surface area (Å²) in [6.07, 6.45) is 0.708. The van der Waals surface area contributed by atoms with Crippen LogP contribution < -0.4 is 0 Å². The first kappa shape index (κ1) is 19.4. The molecule has 0 radical (unpaired) electrons. The number of rotatable bonds is 5. The summed E-state index contributed by atoms with van der Waals surface area (Å²) < 4.78 is 53.5. The maximum atomic E-state index is 12.9. The fourth-order valence-corrected chi connectivity index (χ4v) is 7.29. The number of hydrogen-bond donors (Lipinski definition) is 0. The molecule has 24 heavy (non-hydrogen) atoms. The first-order valence-electron chi connectivity index (χ1n) is 8.18. The van der Waals surface area contributed by atoms with Crippen molar-refractivity contribution < 1.29 is 16.8 Å². The molecule has 1 fully saturated rings. The van der Waals surface area contributed by atoms with Crippen LogP contribution in [-0.4, -0.2) is 55.0 Å². The Hall–Kier alpha value is -0.930. The Labute approximate surface area is 145 Å². The molecule has 0 bridgehead atoms. The van der Waals surface area contributed by atoms with Crippen LogP contribution in [0.5, 0.6) is 0 Å². The number of piperidine rings is 1. The van der Waals surface area contributed by atoms with Gasteiger partial charge in [0, 0.05) is 20.1 Å². The molecule has 0 saturated carbocycles. The topological polar surface area (TPSA) is 89.3 Å². The zero-order chi connectivity index (χ0) is 18.3. The third-order valence-corrected chi connectivity index (χ3v) is 9.29. The molecule has 1 aromatic heterocycles. The highest BCUT2D eigenvalue weighted by Gasteiger charge is 2.37. The van der Waals surface area contributed by atoms with Crippen LogP contribution >= 0.6 is 0 Å². The number of sulfonamides is 1. The van der Waals surface area contributed by atoms with Crippen molar-refractivity contribution in [2.24, 2.45) is 13.0 Å². The van der Waals surface area contributed by atoms with Gasteiger partial charge < -0.3 is 0 Å². The van der Waals surface area contributed by atoms with Gasteiger partial charge in [0.1, 0.15) is 4.90 Å². The lowest BCUT2D eigenvalue weighted by molar-refractivity contribution is 0.345. The molecule has 1 aliphatic rings. The van der Waals surface area contributed by atoms with E-state index in [-0.39, 0.29) is 29.7 Å². The normalized spacial score (nSPS) is 18.4. The van der Waals surface area contributed by atoms with Crippen molar-refractivity contribution in [1.29, 1.82) is 0 Å². The Balaban J connectivity index is 2.17. The Morgan fingerprint density at radius 2 is 1.67 bits per heavy atom. The molecule has 2 rings (SSSR count). The van der Waals surface area contributed by atoms with Gasteiger partial charge >= 0.3 is 0 Å². The van der Waals surface area contributed by atoms with Crippen LogP contribution in [0.4, 0.5) is 0 Å². The van der Waals surface area contributed by atoms with Gasteiger partial charge in [-0.3, -0.25) is 4.68 Å². The fraction of sp³-hybridized carbons (Fsp3) is 0.800. The van der Waals surface area contributed by atoms with Crippen molar-refractivity contribution in [2.45, 2.75) is 50.7 Å². The molecule has 1 saturated heterocycles. The van der Waals surface area contributed by atoms with E-state index in [9.17, 15) is 16.8 Å². The van der Waals surface area contributed by atoms with Crippen LogP contribution in [0.25, 0.3) is 0 Å². The molecule has 7 nitrogen and oxygen atoms in total. The molecule has 0 spiro atoms. The smallest absolute Gasteiger partial charge is 0.246 e. The third kappa shape index (κ3) is 3.67. The highest BCUT2D eigenvalue weighted by atomic mass is 32.2. The van der Waals surface area contributed by atoms with E-state index < -0.39 is 25.1 Å². The predicted molar refractivity (Wildman–Crippen MR) is 93.1 cm³/mol. The number of sulfone groups is 1. The van der Waals surface area contributed by atoms with Gasteiger partial charge in [0.25, 0.3) is 0 Å². The first-order chi connectivity index (χ1) is 11.0. The molecule has 2 heterocycles. The Bertz CT molecular complexity index is 802. The zero-order valence-corrected chi connectivity index (χ0v) is 16.6. The molecule has 0 aliphatic carbocycles. The summed E-state index contributed by atoms with van der Waals surface area (Å²) in [6.45, 7) is 7.64. The van der Waals surface area contributed by atoms with Crippen molar-refractivity contribution in [3.05, 3.63) is 11.4 Å². The summed E-state index contributed by atoms with van der Waals surface area (Å²) in [5, 5.41) is 3.73. The molecule has 0 amide bonds. The predicted octanol–water partition coefficient (Wildman–Crippen LogP) is 1.26. The molecule has 1 aliphatic heterocycles. The molecule has 0 aromatic carbocycles. The second-order valence-corrected chi connectivity index (χ2v) is 11.2. The molecule has 0 atom stereocenters. The molecule has 0 unspecified atom stereocenters. The molecule has 1 aromatic rings. The van der Waals surface area contributed by atoms with Gasteiger partial charge in [0.15, 0.2) is 9.84 Å². The van der Waals surface area contributed by atoms with Crippen molar-refractivity contribution in [2.75, 3.05) is 18.8 Å². The van der Waals surface area contributed by atoms with Crippen LogP contribution in [0.1, 0.15) is 38.1 Å². The van der Waals surface area contributed by atoms with Crippen molar-refractivity contribution in [3.63, 3.8) is 0 Å². The van der Waals surface area contributed by atoms with Crippen LogP contribution in [-0.2, 0) is 26.9 Å². The van der Waals surface area contributed by atoms with Gasteiger partial charge in [-0.15, -0.1) is 0 Å². The van der Waals surface area contributed by atoms with Gasteiger partial charge in [-0.25, -0.2) is 16.8 Å². The van der Waals surface area contributed by atoms with E-state index in [1.54, 1.807) is 25.6 Å². The molecular weight excluding hydrogens is 350 g/mol. The van der Waals surface area contributed by atoms with E-state index in [1.807, 2.05) is 13.8 Å². The minimum absolute atomic E-state index is 0.0810. The number of aromatic nitrogens is 2. The van der Waals surface area contributed by atoms with E-state index in [0.29, 0.717) is 24.2 Å². The molecule has 9 heteroatoms. The lowest BCUT2D eigenvalue weighted by atomic mass is 10.2. The second kappa shape index (κ2) is 6.76. The van der Waals surface area contributed by atoms with E-state index >= 15 is 0 Å². The molecular formula is C15H27N3O4S2. The minimum atomic E-state index is -3.64. The maximum Gasteiger partial charge on any atom is 0.246 e. The van der Waals surface area contributed by atoms with E-state index in [4.69, 9.17) is 0 Å². The van der Waals surface area contributed by atoms with Crippen LogP contribution in [0, 0.1) is 19.8 Å². The Morgan fingerprint density at radius 1 is 1.12 bits per heavy atom. The van der Waals surface area contributed by atoms with E-state index in [1.165, 1.54) is 4.31 Å². The quantitative estimate of drug-likeness (QED) is 0.771. The average Bonchev–Trinajstić information content (AvgIpc) is 2.71. The third-order valence-electron chi connectivity index (χ3n) is 4.51. The van der Waals surface area contributed by atoms with Crippen LogP contribution in [0.2, 0.25) is 0 Å². The minimum Gasteiger partial charge on any atom is -0.271 e. The largest absolute Gasteiger partial charge is 0.271 e. The SMILES string of the molecule is Cc1nn(C)c(C)c1S(=O)(=O)N1CCC(S(=O)(=O)CC(C)C)CC1. The van der Waals surface area contributed by atoms with Crippen LogP contribution in [0.15, 0.2) is 4.90 Å². The molecule has 0 N–H and O–H groups in total. The Kier molecular flexibility index (Phi) is 5.46. The Morgan fingerprint density at radius 3 is 2.08 bits per heavy atom. The maximum absolute atomic E-state index is 12.9. The van der Waals surface area contributed by atoms with E-state index in [0.717, 1.165) is 0 Å². The van der Waals surface area contributed by atoms with Crippen molar-refractivity contribution in [1.82, 2.24) is 14.1 Å². The second-order valence-electron chi connectivity index (χ2n) is 6.95. The van der Waals surface area contributed by atoms with Crippen molar-refractivity contribution in [3.8, 4) is 0 Å². The van der Waals surface area contributed by atoms with E-state index in [2.05, 4.69) is 5.10 Å². The van der Waals surface area contributed by atoms with Gasteiger partial charge in [-0.05, 0) is 32.6 Å². The fourth-order valence-electron chi connectivity index (χ4n) is 3.29. The number of aryl methyl sites for hydroxylation is 2. The summed E-state index contributed by atoms with van der Waals surface area (Å²) in [5.41, 5.74) is 1.08. The zero-order valence-electron chi connectivity index (χ0n) is 15.0. The summed E-state index contributed by atoms with van der Waals surface area (Å²) in [4.78, 5) is 0.244. The number of nitrogens with zero attached hydrogens (tertiary/aromatic N) is 3. The number of hydrogen-bond acceptors (Lipinski definition) is 5. The van der Waals surface area contributed by atoms with Crippen LogP contribution in [0.3, 0.4) is 0 Å². The summed E-state index contributed by atoms with van der Waals surface area (Å²) in [5.74, 6) is 0.239. The van der Waals surface area contributed by atoms with Gasteiger partial charge in [-0.1, -0.05) is 13.8 Å². The summed E-state index contributed by atoms with van der Waals surface area (Å²) >= 11 is 0. The van der Waals surface area contributed by atoms with Gasteiger partial charge in [0.05, 0.1) is 22.4 Å². The first-order valence-corrected chi connectivity index (χ1v) is 11.3. The highest BCUT2D eigenvalue weighted by molar-refractivity contribution is 7.92. The summed E-state index contributed by atoms with van der Waals surface area (Å²) in [7, 11) is -5.09. The summed E-state index contributed by atoms with van der Waals surface area (Å²) in [6, 6.07) is 0. The molecule has 138 valence electrons. The standard InChI is InChI=1S/C15H27N3O4S2/c1-11(2)10-23(19,20)14-6-8-18(9-7-14)24(21,22)15-12(3)16-17(5)13(15)4/h11,14H,6-10H2,1-5H3. The highest BCUT2D eigenvalue weighted by Crippen LogP contribution is 2.28. The van der Waals surface area contributed by atoms with Gasteiger partial charge in [-0.2, -0.15) is 9.40 Å². The lowest BCUT2D eigenvalue weighted by Crippen LogP contribution is -2.43. The van der Waals surface area contributed by atoms with Gasteiger partial charge in [0.2, 0.25) is 10.0 Å². The average molecular weight is 378 g/mol. The monoisotopic (exact) mass is 377 g/mol. The lowest BCUT2D eigenvalue weighted by Gasteiger charge is -2.31.